The molecule has 0 saturated carbocycles. The van der Waals surface area contributed by atoms with Crippen molar-refractivity contribution >= 4 is 59.6 Å². The second kappa shape index (κ2) is 5.27. The van der Waals surface area contributed by atoms with E-state index in [0.717, 1.165) is 21.6 Å². The van der Waals surface area contributed by atoms with Crippen LogP contribution in [0, 0.1) is 5.82 Å². The zero-order valence-corrected chi connectivity index (χ0v) is 13.4. The van der Waals surface area contributed by atoms with E-state index in [1.54, 1.807) is 6.07 Å². The minimum atomic E-state index is -0.264. The molecule has 0 unspecified atom stereocenters. The molecule has 9 heteroatoms. The van der Waals surface area contributed by atoms with Gasteiger partial charge in [-0.15, -0.1) is 22.7 Å². The maximum atomic E-state index is 13.2. The van der Waals surface area contributed by atoms with Crippen LogP contribution in [0.2, 0.25) is 0 Å². The molecule has 0 saturated heterocycles. The summed E-state index contributed by atoms with van der Waals surface area (Å²) in [6.45, 7) is 0. The fourth-order valence-corrected chi connectivity index (χ4v) is 4.11. The molecule has 4 rings (SSSR count). The highest BCUT2D eigenvalue weighted by molar-refractivity contribution is 7.22. The van der Waals surface area contributed by atoms with Gasteiger partial charge in [0.05, 0.1) is 10.2 Å². The zero-order valence-electron chi connectivity index (χ0n) is 10.9. The van der Waals surface area contributed by atoms with Crippen LogP contribution in [0.3, 0.4) is 0 Å². The Morgan fingerprint density at radius 1 is 1.00 bits per heavy atom. The number of benzene rings is 1. The molecule has 0 amide bonds. The first-order chi connectivity index (χ1) is 10.7. The second-order valence-corrected chi connectivity index (χ2v) is 7.14. The number of hydrogen-bond donors (Lipinski definition) is 2. The van der Waals surface area contributed by atoms with E-state index in [1.165, 1.54) is 46.1 Å². The van der Waals surface area contributed by atoms with Gasteiger partial charge in [0.15, 0.2) is 15.4 Å². The monoisotopic (exact) mass is 349 g/mol. The van der Waals surface area contributed by atoms with E-state index in [0.29, 0.717) is 15.4 Å². The van der Waals surface area contributed by atoms with E-state index in [1.807, 2.05) is 10.8 Å². The molecule has 0 radical (unpaired) electrons. The van der Waals surface area contributed by atoms with Crippen molar-refractivity contribution < 1.29 is 4.39 Å². The number of halogens is 1. The van der Waals surface area contributed by atoms with Crippen molar-refractivity contribution in [1.82, 2.24) is 15.0 Å². The number of nitrogen functional groups attached to an aromatic ring is 1. The molecule has 0 bridgehead atoms. The van der Waals surface area contributed by atoms with Gasteiger partial charge in [-0.05, 0) is 18.2 Å². The number of nitrogens with one attached hydrogen (secondary N) is 1. The molecule has 0 aliphatic rings. The van der Waals surface area contributed by atoms with Crippen molar-refractivity contribution in [3.05, 3.63) is 34.8 Å². The van der Waals surface area contributed by atoms with E-state index < -0.39 is 0 Å². The van der Waals surface area contributed by atoms with Gasteiger partial charge in [-0.3, -0.25) is 0 Å². The molecule has 0 aliphatic carbocycles. The summed E-state index contributed by atoms with van der Waals surface area (Å²) in [5, 5.41) is 8.83. The highest BCUT2D eigenvalue weighted by atomic mass is 32.1. The van der Waals surface area contributed by atoms with Gasteiger partial charge in [0.25, 0.3) is 0 Å². The summed E-state index contributed by atoms with van der Waals surface area (Å²) in [6, 6.07) is 4.54. The van der Waals surface area contributed by atoms with E-state index >= 15 is 0 Å². The molecule has 4 aromatic rings. The first-order valence-electron chi connectivity index (χ1n) is 6.17. The third-order valence-electron chi connectivity index (χ3n) is 2.85. The summed E-state index contributed by atoms with van der Waals surface area (Å²) >= 11 is 4.22. The first-order valence-corrected chi connectivity index (χ1v) is 8.75. The molecular weight excluding hydrogens is 341 g/mol. The highest BCUT2D eigenvalue weighted by Gasteiger charge is 2.10. The minimum absolute atomic E-state index is 0.264. The predicted molar refractivity (Wildman–Crippen MR) is 90.5 cm³/mol. The van der Waals surface area contributed by atoms with Crippen molar-refractivity contribution in [1.29, 1.82) is 0 Å². The lowest BCUT2D eigenvalue weighted by Crippen LogP contribution is -1.88. The summed E-state index contributed by atoms with van der Waals surface area (Å²) in [7, 11) is 0. The third kappa shape index (κ3) is 2.54. The van der Waals surface area contributed by atoms with Crippen molar-refractivity contribution in [3.8, 4) is 11.4 Å². The summed E-state index contributed by atoms with van der Waals surface area (Å²) in [5.41, 5.74) is 7.93. The molecule has 1 aromatic carbocycles. The van der Waals surface area contributed by atoms with Crippen molar-refractivity contribution in [2.45, 2.75) is 0 Å². The lowest BCUT2D eigenvalue weighted by atomic mass is 10.3. The molecule has 22 heavy (non-hydrogen) atoms. The predicted octanol–water partition coefficient (Wildman–Crippen LogP) is 4.34. The Bertz CT molecular complexity index is 958. The number of hydrogen-bond acceptors (Lipinski definition) is 8. The van der Waals surface area contributed by atoms with Gasteiger partial charge in [-0.2, -0.15) is 0 Å². The smallest absolute Gasteiger partial charge is 0.190 e. The average molecular weight is 349 g/mol. The van der Waals surface area contributed by atoms with Crippen LogP contribution in [0.1, 0.15) is 0 Å². The molecule has 3 heterocycles. The van der Waals surface area contributed by atoms with Gasteiger partial charge in [0.2, 0.25) is 0 Å². The fourth-order valence-electron chi connectivity index (χ4n) is 1.90. The molecule has 3 aromatic heterocycles. The molecule has 0 fully saturated rings. The number of rotatable bonds is 3. The Kier molecular flexibility index (Phi) is 3.25. The van der Waals surface area contributed by atoms with E-state index in [2.05, 4.69) is 20.3 Å². The van der Waals surface area contributed by atoms with E-state index in [4.69, 9.17) is 5.73 Å². The topological polar surface area (TPSA) is 76.7 Å². The average Bonchev–Trinajstić information content (AvgIpc) is 3.18. The summed E-state index contributed by atoms with van der Waals surface area (Å²) in [4.78, 5) is 13.1. The second-order valence-electron chi connectivity index (χ2n) is 4.36. The summed E-state index contributed by atoms with van der Waals surface area (Å²) in [5.74, 6) is -0.264. The van der Waals surface area contributed by atoms with Crippen LogP contribution in [-0.2, 0) is 0 Å². The maximum absolute atomic E-state index is 13.2. The quantitative estimate of drug-likeness (QED) is 0.575. The largest absolute Gasteiger partial charge is 0.375 e. The van der Waals surface area contributed by atoms with Gasteiger partial charge in [-0.1, -0.05) is 11.3 Å². The number of thiazole rings is 3. The van der Waals surface area contributed by atoms with Crippen LogP contribution in [0.15, 0.2) is 29.0 Å². The maximum Gasteiger partial charge on any atom is 0.190 e. The minimum Gasteiger partial charge on any atom is -0.375 e. The Labute approximate surface area is 136 Å². The lowest BCUT2D eigenvalue weighted by molar-refractivity contribution is 0.630. The van der Waals surface area contributed by atoms with Gasteiger partial charge in [0.1, 0.15) is 17.2 Å². The van der Waals surface area contributed by atoms with Crippen molar-refractivity contribution in [2.75, 3.05) is 11.1 Å². The molecule has 110 valence electrons. The Morgan fingerprint density at radius 3 is 2.64 bits per heavy atom. The third-order valence-corrected chi connectivity index (χ3v) is 5.22. The number of aromatic nitrogens is 3. The molecule has 0 aliphatic heterocycles. The van der Waals surface area contributed by atoms with Crippen LogP contribution >= 0.6 is 34.0 Å². The Morgan fingerprint density at radius 2 is 1.82 bits per heavy atom. The van der Waals surface area contributed by atoms with Crippen LogP contribution in [0.4, 0.5) is 19.8 Å². The zero-order chi connectivity index (χ0) is 15.1. The fraction of sp³-hybridized carbons (Fsp3) is 0. The van der Waals surface area contributed by atoms with Crippen LogP contribution in [-0.4, -0.2) is 15.0 Å². The SMILES string of the molecule is Nc1nc(-c2csc(Nc3nc4ccc(F)cc4s3)n2)cs1. The van der Waals surface area contributed by atoms with E-state index in [-0.39, 0.29) is 5.82 Å². The number of nitrogens with two attached hydrogens (primary N) is 1. The first kappa shape index (κ1) is 13.6. The molecule has 5 nitrogen and oxygen atoms in total. The van der Waals surface area contributed by atoms with Crippen molar-refractivity contribution in [3.63, 3.8) is 0 Å². The number of fused-ring (bicyclic) bond motifs is 1. The standard InChI is InChI=1S/C13H8FN5S3/c14-6-1-2-7-10(3-6)22-13(17-7)19-12-18-9(5-21-12)8-4-20-11(15)16-8/h1-5H,(H2,15,16)(H,17,18,19). The molecular formula is C13H8FN5S3. The summed E-state index contributed by atoms with van der Waals surface area (Å²) in [6.07, 6.45) is 0. The lowest BCUT2D eigenvalue weighted by Gasteiger charge is -1.94. The van der Waals surface area contributed by atoms with Gasteiger partial charge in [-0.25, -0.2) is 19.3 Å². The Balaban J connectivity index is 1.61. The Hall–Kier alpha value is -2.10. The van der Waals surface area contributed by atoms with Gasteiger partial charge < -0.3 is 11.1 Å². The van der Waals surface area contributed by atoms with Crippen LogP contribution in [0.5, 0.6) is 0 Å². The van der Waals surface area contributed by atoms with E-state index in [9.17, 15) is 4.39 Å². The highest BCUT2D eigenvalue weighted by Crippen LogP contribution is 2.32. The molecule has 0 spiro atoms. The number of anilines is 3. The van der Waals surface area contributed by atoms with Crippen LogP contribution < -0.4 is 11.1 Å². The van der Waals surface area contributed by atoms with Crippen molar-refractivity contribution in [2.24, 2.45) is 0 Å². The number of nitrogens with zero attached hydrogens (tertiary/aromatic N) is 3. The van der Waals surface area contributed by atoms with Gasteiger partial charge >= 0.3 is 0 Å². The normalized spacial score (nSPS) is 11.1. The van der Waals surface area contributed by atoms with Crippen LogP contribution in [0.25, 0.3) is 21.6 Å². The van der Waals surface area contributed by atoms with Gasteiger partial charge in [0, 0.05) is 10.8 Å². The summed E-state index contributed by atoms with van der Waals surface area (Å²) < 4.78 is 14.0. The molecule has 0 atom stereocenters. The molecule has 3 N–H and O–H groups in total.